The van der Waals surface area contributed by atoms with Gasteiger partial charge in [-0.3, -0.25) is 9.59 Å². The maximum absolute atomic E-state index is 14.2. The van der Waals surface area contributed by atoms with E-state index in [1.807, 2.05) is 64.1 Å². The number of rotatable bonds is 10. The van der Waals surface area contributed by atoms with Crippen molar-refractivity contribution in [3.63, 3.8) is 0 Å². The summed E-state index contributed by atoms with van der Waals surface area (Å²) in [6, 6.07) is 9.55. The highest BCUT2D eigenvalue weighted by atomic mass is 16.6. The Labute approximate surface area is 282 Å². The molecule has 254 valence electrons. The summed E-state index contributed by atoms with van der Waals surface area (Å²) in [4.78, 5) is 31.7. The van der Waals surface area contributed by atoms with E-state index in [1.54, 1.807) is 19.3 Å². The van der Waals surface area contributed by atoms with Crippen molar-refractivity contribution in [1.29, 1.82) is 0 Å². The fourth-order valence-corrected chi connectivity index (χ4v) is 7.17. The summed E-state index contributed by atoms with van der Waals surface area (Å²) in [6.45, 7) is 14.2. The van der Waals surface area contributed by atoms with Crippen molar-refractivity contribution in [3.8, 4) is 11.5 Å². The molecule has 1 fully saturated rings. The van der Waals surface area contributed by atoms with Gasteiger partial charge in [-0.05, 0) is 44.9 Å². The molecule has 6 rings (SSSR count). The summed E-state index contributed by atoms with van der Waals surface area (Å²) in [5, 5.41) is 18.2. The quantitative estimate of drug-likeness (QED) is 0.103. The molecular formula is C39H47N3O6. The zero-order valence-electron chi connectivity index (χ0n) is 28.8. The lowest BCUT2D eigenvalue weighted by molar-refractivity contribution is -0.169. The number of fused-ring (bicyclic) bond motifs is 1. The summed E-state index contributed by atoms with van der Waals surface area (Å²) in [5.74, 6) is -0.419. The van der Waals surface area contributed by atoms with Gasteiger partial charge < -0.3 is 34.9 Å². The van der Waals surface area contributed by atoms with Crippen LogP contribution in [0.1, 0.15) is 107 Å². The number of piperazine rings is 1. The molecule has 9 heteroatoms. The van der Waals surface area contributed by atoms with Gasteiger partial charge in [-0.15, -0.1) is 6.58 Å². The number of amides is 2. The first-order valence-corrected chi connectivity index (χ1v) is 16.9. The van der Waals surface area contributed by atoms with Gasteiger partial charge in [-0.25, -0.2) is 0 Å². The van der Waals surface area contributed by atoms with Crippen molar-refractivity contribution in [3.05, 3.63) is 88.3 Å². The van der Waals surface area contributed by atoms with Crippen LogP contribution in [0.15, 0.2) is 60.3 Å². The summed E-state index contributed by atoms with van der Waals surface area (Å²) < 4.78 is 19.3. The molecule has 4 atom stereocenters. The lowest BCUT2D eigenvalue weighted by atomic mass is 9.81. The lowest BCUT2D eigenvalue weighted by Crippen LogP contribution is -2.69. The molecule has 9 nitrogen and oxygen atoms in total. The zero-order chi connectivity index (χ0) is 34.4. The van der Waals surface area contributed by atoms with E-state index in [2.05, 4.69) is 29.1 Å². The van der Waals surface area contributed by atoms with Gasteiger partial charge in [0, 0.05) is 57.8 Å². The van der Waals surface area contributed by atoms with Gasteiger partial charge in [0.05, 0.1) is 12.2 Å². The van der Waals surface area contributed by atoms with Gasteiger partial charge in [0.1, 0.15) is 23.3 Å². The number of carbonyl (C=O) groups excluding carboxylic acids is 2. The van der Waals surface area contributed by atoms with E-state index in [-0.39, 0.29) is 24.0 Å². The molecular weight excluding hydrogens is 606 g/mol. The van der Waals surface area contributed by atoms with E-state index in [1.165, 1.54) is 0 Å². The number of benzene rings is 2. The van der Waals surface area contributed by atoms with Crippen LogP contribution in [0.3, 0.4) is 0 Å². The average Bonchev–Trinajstić information content (AvgIpc) is 3.43. The first-order chi connectivity index (χ1) is 22.9. The van der Waals surface area contributed by atoms with Crippen LogP contribution in [0.2, 0.25) is 0 Å². The molecule has 3 aliphatic rings. The molecule has 3 aromatic rings. The van der Waals surface area contributed by atoms with E-state index >= 15 is 0 Å². The molecule has 0 radical (unpaired) electrons. The van der Waals surface area contributed by atoms with E-state index in [4.69, 9.17) is 14.2 Å². The number of unbranched alkanes of at least 4 members (excludes halogenated alkanes) is 2. The fourth-order valence-electron chi connectivity index (χ4n) is 7.17. The number of phenolic OH excluding ortho intramolecular Hbond substituents is 1. The standard InChI is InChI=1S/C39H47N3O6/c1-8-10-11-16-29-34(46-7)31-28(43)19-23(18-17-22(3)4)33-32(31)30(47-29)21-39(48-33)37(45)41-27(36(44)42-39)20-25-24-14-12-13-15-26(24)40-35(25)38(5,6)9-2/h9,12-15,17,19-20,29-30,34,40,43H,2,8,10-11,16,18,21H2,1,3-7H3,(H,41,45)(H,42,44). The van der Waals surface area contributed by atoms with Crippen molar-refractivity contribution in [2.75, 3.05) is 7.11 Å². The van der Waals surface area contributed by atoms with Crippen molar-refractivity contribution >= 4 is 28.8 Å². The molecule has 0 bridgehead atoms. The van der Waals surface area contributed by atoms with Crippen molar-refractivity contribution < 1.29 is 28.9 Å². The van der Waals surface area contributed by atoms with Crippen LogP contribution in [0.25, 0.3) is 17.0 Å². The minimum atomic E-state index is -1.72. The highest BCUT2D eigenvalue weighted by molar-refractivity contribution is 6.10. The number of hydrogen-bond donors (Lipinski definition) is 4. The number of methoxy groups -OCH3 is 1. The number of hydrogen-bond acceptors (Lipinski definition) is 6. The summed E-state index contributed by atoms with van der Waals surface area (Å²) in [5.41, 5.74) is 3.64. The highest BCUT2D eigenvalue weighted by Crippen LogP contribution is 2.55. The molecule has 1 saturated heterocycles. The molecule has 2 amide bonds. The second-order valence-corrected chi connectivity index (χ2v) is 14.0. The summed E-state index contributed by atoms with van der Waals surface area (Å²) in [7, 11) is 1.62. The Kier molecular flexibility index (Phi) is 9.04. The minimum Gasteiger partial charge on any atom is -0.508 e. The van der Waals surface area contributed by atoms with E-state index in [0.717, 1.165) is 53.4 Å². The Morgan fingerprint density at radius 3 is 2.67 bits per heavy atom. The maximum Gasteiger partial charge on any atom is 0.290 e. The SMILES string of the molecule is C=CC(C)(C)c1[nH]c2ccccc2c1C=C1NC(=O)C2(CC3OC(CCCCC)C(OC)c4c(O)cc(CC=C(C)C)c(c43)O2)NC1=O. The Morgan fingerprint density at radius 1 is 1.19 bits per heavy atom. The molecule has 4 N–H and O–H groups in total. The number of nitrogens with one attached hydrogen (secondary N) is 3. The first kappa shape index (κ1) is 33.6. The predicted octanol–water partition coefficient (Wildman–Crippen LogP) is 7.32. The molecule has 1 spiro atoms. The average molecular weight is 654 g/mol. The molecule has 1 aromatic heterocycles. The number of H-pyrrole nitrogens is 1. The van der Waals surface area contributed by atoms with E-state index in [9.17, 15) is 14.7 Å². The van der Waals surface area contributed by atoms with Crippen LogP contribution in [0.4, 0.5) is 0 Å². The normalized spacial score (nSPS) is 24.2. The second-order valence-electron chi connectivity index (χ2n) is 14.0. The number of phenols is 1. The van der Waals surface area contributed by atoms with Gasteiger partial charge in [-0.2, -0.15) is 0 Å². The summed E-state index contributed by atoms with van der Waals surface area (Å²) in [6.07, 6.45) is 8.38. The molecule has 48 heavy (non-hydrogen) atoms. The van der Waals surface area contributed by atoms with Crippen molar-refractivity contribution in [2.24, 2.45) is 0 Å². The Hall–Kier alpha value is -4.34. The van der Waals surface area contributed by atoms with E-state index in [0.29, 0.717) is 28.9 Å². The molecule has 4 unspecified atom stereocenters. The van der Waals surface area contributed by atoms with Crippen LogP contribution in [-0.4, -0.2) is 40.8 Å². The third-order valence-corrected chi connectivity index (χ3v) is 9.89. The highest BCUT2D eigenvalue weighted by Gasteiger charge is 2.56. The van der Waals surface area contributed by atoms with Crippen molar-refractivity contribution in [1.82, 2.24) is 15.6 Å². The van der Waals surface area contributed by atoms with Crippen LogP contribution < -0.4 is 15.4 Å². The van der Waals surface area contributed by atoms with Crippen LogP contribution >= 0.6 is 0 Å². The number of carbonyl (C=O) groups is 2. The predicted molar refractivity (Wildman–Crippen MR) is 187 cm³/mol. The maximum atomic E-state index is 14.2. The van der Waals surface area contributed by atoms with Crippen LogP contribution in [0.5, 0.6) is 11.5 Å². The monoisotopic (exact) mass is 653 g/mol. The van der Waals surface area contributed by atoms with Gasteiger partial charge in [-0.1, -0.05) is 76.0 Å². The van der Waals surface area contributed by atoms with Crippen LogP contribution in [-0.2, 0) is 30.9 Å². The summed E-state index contributed by atoms with van der Waals surface area (Å²) >= 11 is 0. The Balaban J connectivity index is 1.42. The number of allylic oxidation sites excluding steroid dienone is 3. The second kappa shape index (κ2) is 12.9. The molecule has 3 aliphatic heterocycles. The van der Waals surface area contributed by atoms with Crippen molar-refractivity contribution in [2.45, 2.75) is 103 Å². The topological polar surface area (TPSA) is 122 Å². The molecule has 0 aliphatic carbocycles. The number of ether oxygens (including phenoxy) is 3. The third-order valence-electron chi connectivity index (χ3n) is 9.89. The van der Waals surface area contributed by atoms with Gasteiger partial charge in [0.15, 0.2) is 0 Å². The molecule has 4 heterocycles. The largest absolute Gasteiger partial charge is 0.508 e. The van der Waals surface area contributed by atoms with E-state index < -0.39 is 35.2 Å². The Morgan fingerprint density at radius 2 is 1.96 bits per heavy atom. The Bertz CT molecular complexity index is 1830. The van der Waals surface area contributed by atoms with Gasteiger partial charge >= 0.3 is 0 Å². The number of aromatic hydroxyl groups is 1. The van der Waals surface area contributed by atoms with Gasteiger partial charge in [0.2, 0.25) is 0 Å². The lowest BCUT2D eigenvalue weighted by Gasteiger charge is -2.48. The molecule has 2 aromatic carbocycles. The van der Waals surface area contributed by atoms with Gasteiger partial charge in [0.25, 0.3) is 17.5 Å². The number of para-hydroxylation sites is 1. The smallest absolute Gasteiger partial charge is 0.290 e. The fraction of sp³-hybridized carbons (Fsp3) is 0.436. The third kappa shape index (κ3) is 5.83. The van der Waals surface area contributed by atoms with Crippen LogP contribution in [0, 0.1) is 0 Å². The molecule has 0 saturated carbocycles. The minimum absolute atomic E-state index is 0.0337. The first-order valence-electron chi connectivity index (χ1n) is 16.9. The zero-order valence-corrected chi connectivity index (χ0v) is 28.8. The number of aromatic nitrogens is 1. The number of aromatic amines is 1.